The fourth-order valence-electron chi connectivity index (χ4n) is 3.12. The predicted octanol–water partition coefficient (Wildman–Crippen LogP) is 3.73. The Morgan fingerprint density at radius 1 is 1.00 bits per heavy atom. The van der Waals surface area contributed by atoms with Crippen LogP contribution in [0, 0.1) is 6.92 Å². The zero-order valence-corrected chi connectivity index (χ0v) is 16.4. The van der Waals surface area contributed by atoms with Crippen molar-refractivity contribution in [1.82, 2.24) is 20.3 Å². The second-order valence-corrected chi connectivity index (χ2v) is 6.97. The van der Waals surface area contributed by atoms with E-state index in [4.69, 9.17) is 4.74 Å². The summed E-state index contributed by atoms with van der Waals surface area (Å²) in [5, 5.41) is 11.4. The molecule has 3 aromatic carbocycles. The van der Waals surface area contributed by atoms with Gasteiger partial charge in [-0.05, 0) is 48.4 Å². The Balaban J connectivity index is 1.45. The Morgan fingerprint density at radius 2 is 1.72 bits per heavy atom. The third-order valence-corrected chi connectivity index (χ3v) is 4.84. The Morgan fingerprint density at radius 3 is 2.45 bits per heavy atom. The molecule has 0 bridgehead atoms. The third-order valence-electron chi connectivity index (χ3n) is 4.84. The van der Waals surface area contributed by atoms with E-state index in [2.05, 4.69) is 46.8 Å². The molecule has 1 N–H and O–H groups in total. The van der Waals surface area contributed by atoms with Gasteiger partial charge in [-0.1, -0.05) is 47.2 Å². The van der Waals surface area contributed by atoms with Crippen LogP contribution in [0.1, 0.15) is 27.0 Å². The predicted molar refractivity (Wildman–Crippen MR) is 112 cm³/mol. The van der Waals surface area contributed by atoms with Crippen LogP contribution in [0.2, 0.25) is 0 Å². The summed E-state index contributed by atoms with van der Waals surface area (Å²) in [6.07, 6.45) is 0. The number of carbonyl (C=O) groups excluding carboxylic acids is 1. The topological polar surface area (TPSA) is 69.0 Å². The first kappa shape index (κ1) is 18.7. The van der Waals surface area contributed by atoms with E-state index in [-0.39, 0.29) is 5.91 Å². The standard InChI is InChI=1S/C23H22N4O2/c1-16-3-5-18(6-4-16)15-27-22-12-9-19(13-21(22)25-26-27)23(28)24-14-17-7-10-20(29-2)11-8-17/h3-13H,14-15H2,1-2H3,(H,24,28). The van der Waals surface area contributed by atoms with Gasteiger partial charge in [0.2, 0.25) is 0 Å². The van der Waals surface area contributed by atoms with Gasteiger partial charge in [0.25, 0.3) is 5.91 Å². The van der Waals surface area contributed by atoms with Gasteiger partial charge in [-0.15, -0.1) is 5.10 Å². The Kier molecular flexibility index (Phi) is 5.24. The van der Waals surface area contributed by atoms with Crippen molar-refractivity contribution in [3.05, 3.63) is 89.0 Å². The van der Waals surface area contributed by atoms with E-state index in [1.54, 1.807) is 19.2 Å². The molecule has 6 nitrogen and oxygen atoms in total. The molecule has 0 fully saturated rings. The lowest BCUT2D eigenvalue weighted by molar-refractivity contribution is 0.0951. The van der Waals surface area contributed by atoms with Crippen LogP contribution >= 0.6 is 0 Å². The zero-order chi connectivity index (χ0) is 20.2. The highest BCUT2D eigenvalue weighted by molar-refractivity contribution is 5.97. The molecule has 0 aliphatic rings. The number of hydrogen-bond acceptors (Lipinski definition) is 4. The van der Waals surface area contributed by atoms with Gasteiger partial charge in [0.1, 0.15) is 11.3 Å². The summed E-state index contributed by atoms with van der Waals surface area (Å²) in [5.74, 6) is 0.648. The summed E-state index contributed by atoms with van der Waals surface area (Å²) in [4.78, 5) is 12.5. The van der Waals surface area contributed by atoms with Crippen molar-refractivity contribution >= 4 is 16.9 Å². The molecule has 0 saturated heterocycles. The van der Waals surface area contributed by atoms with Crippen molar-refractivity contribution in [3.8, 4) is 5.75 Å². The number of amides is 1. The molecule has 0 atom stereocenters. The molecule has 4 aromatic rings. The number of benzene rings is 3. The van der Waals surface area contributed by atoms with Crippen LogP contribution in [-0.4, -0.2) is 28.0 Å². The number of aromatic nitrogens is 3. The quantitative estimate of drug-likeness (QED) is 0.548. The van der Waals surface area contributed by atoms with E-state index < -0.39 is 0 Å². The van der Waals surface area contributed by atoms with Crippen molar-refractivity contribution in [2.24, 2.45) is 0 Å². The maximum atomic E-state index is 12.5. The number of methoxy groups -OCH3 is 1. The number of fused-ring (bicyclic) bond motifs is 1. The minimum absolute atomic E-state index is 0.143. The largest absolute Gasteiger partial charge is 0.497 e. The highest BCUT2D eigenvalue weighted by Gasteiger charge is 2.11. The molecule has 1 amide bonds. The number of nitrogens with zero attached hydrogens (tertiary/aromatic N) is 3. The van der Waals surface area contributed by atoms with Gasteiger partial charge >= 0.3 is 0 Å². The summed E-state index contributed by atoms with van der Waals surface area (Å²) in [5.41, 5.74) is 5.55. The van der Waals surface area contributed by atoms with Gasteiger partial charge < -0.3 is 10.1 Å². The number of rotatable bonds is 6. The molecule has 1 aromatic heterocycles. The molecule has 0 saturated carbocycles. The Hall–Kier alpha value is -3.67. The Bertz CT molecular complexity index is 1130. The monoisotopic (exact) mass is 386 g/mol. The van der Waals surface area contributed by atoms with Gasteiger partial charge in [-0.2, -0.15) is 0 Å². The summed E-state index contributed by atoms with van der Waals surface area (Å²) in [7, 11) is 1.63. The molecule has 0 spiro atoms. The molecule has 0 unspecified atom stereocenters. The molecule has 0 aliphatic heterocycles. The normalized spacial score (nSPS) is 10.8. The minimum Gasteiger partial charge on any atom is -0.497 e. The first-order valence-corrected chi connectivity index (χ1v) is 9.42. The highest BCUT2D eigenvalue weighted by atomic mass is 16.5. The third kappa shape index (κ3) is 4.27. The average molecular weight is 386 g/mol. The number of hydrogen-bond donors (Lipinski definition) is 1. The van der Waals surface area contributed by atoms with Crippen molar-refractivity contribution < 1.29 is 9.53 Å². The molecular formula is C23H22N4O2. The molecule has 6 heteroatoms. The van der Waals surface area contributed by atoms with Crippen molar-refractivity contribution in [2.45, 2.75) is 20.0 Å². The lowest BCUT2D eigenvalue weighted by Crippen LogP contribution is -2.22. The highest BCUT2D eigenvalue weighted by Crippen LogP contribution is 2.16. The second kappa shape index (κ2) is 8.14. The van der Waals surface area contributed by atoms with E-state index in [0.717, 1.165) is 22.4 Å². The molecule has 29 heavy (non-hydrogen) atoms. The summed E-state index contributed by atoms with van der Waals surface area (Å²) in [6, 6.07) is 21.4. The Labute approximate surface area is 169 Å². The molecule has 1 heterocycles. The maximum absolute atomic E-state index is 12.5. The molecule has 0 aliphatic carbocycles. The van der Waals surface area contributed by atoms with Crippen molar-refractivity contribution in [1.29, 1.82) is 0 Å². The maximum Gasteiger partial charge on any atom is 0.251 e. The van der Waals surface area contributed by atoms with Crippen LogP contribution < -0.4 is 10.1 Å². The average Bonchev–Trinajstić information content (AvgIpc) is 3.16. The van der Waals surface area contributed by atoms with Gasteiger partial charge in [0, 0.05) is 12.1 Å². The SMILES string of the molecule is COc1ccc(CNC(=O)c2ccc3c(c2)nnn3Cc2ccc(C)cc2)cc1. The molecular weight excluding hydrogens is 364 g/mol. The van der Waals surface area contributed by atoms with Gasteiger partial charge in [-0.3, -0.25) is 4.79 Å². The van der Waals surface area contributed by atoms with Crippen LogP contribution in [0.25, 0.3) is 11.0 Å². The van der Waals surface area contributed by atoms with Crippen LogP contribution in [0.5, 0.6) is 5.75 Å². The smallest absolute Gasteiger partial charge is 0.251 e. The first-order chi connectivity index (χ1) is 14.1. The van der Waals surface area contributed by atoms with Gasteiger partial charge in [0.15, 0.2) is 0 Å². The first-order valence-electron chi connectivity index (χ1n) is 9.42. The van der Waals surface area contributed by atoms with E-state index in [1.165, 1.54) is 5.56 Å². The fraction of sp³-hybridized carbons (Fsp3) is 0.174. The van der Waals surface area contributed by atoms with E-state index in [0.29, 0.717) is 24.2 Å². The zero-order valence-electron chi connectivity index (χ0n) is 16.4. The van der Waals surface area contributed by atoms with E-state index in [1.807, 2.05) is 35.0 Å². The van der Waals surface area contributed by atoms with Gasteiger partial charge in [-0.25, -0.2) is 4.68 Å². The van der Waals surface area contributed by atoms with Crippen LogP contribution in [0.4, 0.5) is 0 Å². The fourth-order valence-corrected chi connectivity index (χ4v) is 3.12. The van der Waals surface area contributed by atoms with Crippen LogP contribution in [-0.2, 0) is 13.1 Å². The summed E-state index contributed by atoms with van der Waals surface area (Å²) in [6.45, 7) is 3.15. The molecule has 146 valence electrons. The van der Waals surface area contributed by atoms with E-state index in [9.17, 15) is 4.79 Å². The number of ether oxygens (including phenoxy) is 1. The summed E-state index contributed by atoms with van der Waals surface area (Å²) < 4.78 is 6.99. The van der Waals surface area contributed by atoms with E-state index >= 15 is 0 Å². The lowest BCUT2D eigenvalue weighted by atomic mass is 10.1. The number of nitrogens with one attached hydrogen (secondary N) is 1. The minimum atomic E-state index is -0.143. The van der Waals surface area contributed by atoms with Crippen LogP contribution in [0.15, 0.2) is 66.7 Å². The van der Waals surface area contributed by atoms with Crippen molar-refractivity contribution in [3.63, 3.8) is 0 Å². The number of aryl methyl sites for hydroxylation is 1. The molecule has 0 radical (unpaired) electrons. The molecule has 4 rings (SSSR count). The van der Waals surface area contributed by atoms with Crippen LogP contribution in [0.3, 0.4) is 0 Å². The second-order valence-electron chi connectivity index (χ2n) is 6.97. The van der Waals surface area contributed by atoms with Crippen molar-refractivity contribution in [2.75, 3.05) is 7.11 Å². The summed E-state index contributed by atoms with van der Waals surface area (Å²) >= 11 is 0. The van der Waals surface area contributed by atoms with Gasteiger partial charge in [0.05, 0.1) is 19.2 Å². The lowest BCUT2D eigenvalue weighted by Gasteiger charge is -2.07. The number of carbonyl (C=O) groups is 1.